The summed E-state index contributed by atoms with van der Waals surface area (Å²) < 4.78 is 5.93. The van der Waals surface area contributed by atoms with Gasteiger partial charge in [-0.15, -0.1) is 0 Å². The van der Waals surface area contributed by atoms with Crippen molar-refractivity contribution in [2.75, 3.05) is 25.1 Å². The summed E-state index contributed by atoms with van der Waals surface area (Å²) in [7, 11) is 2.18. The fourth-order valence-corrected chi connectivity index (χ4v) is 2.90. The lowest BCUT2D eigenvalue weighted by molar-refractivity contribution is -0.0287. The van der Waals surface area contributed by atoms with Gasteiger partial charge in [0.25, 0.3) is 0 Å². The minimum Gasteiger partial charge on any atom is -0.374 e. The first-order valence-electron chi connectivity index (χ1n) is 5.78. The van der Waals surface area contributed by atoms with Crippen LogP contribution in [0, 0.1) is 5.92 Å². The summed E-state index contributed by atoms with van der Waals surface area (Å²) in [6, 6.07) is 8.64. The lowest BCUT2D eigenvalue weighted by Gasteiger charge is -2.41. The molecule has 1 fully saturated rings. The molecule has 1 saturated heterocycles. The summed E-state index contributed by atoms with van der Waals surface area (Å²) in [5.41, 5.74) is 2.73. The number of para-hydroxylation sites is 1. The number of rotatable bonds is 0. The molecule has 2 aliphatic rings. The Kier molecular flexibility index (Phi) is 2.17. The van der Waals surface area contributed by atoms with Gasteiger partial charge in [0.2, 0.25) is 0 Å². The molecule has 0 saturated carbocycles. The van der Waals surface area contributed by atoms with E-state index in [9.17, 15) is 0 Å². The van der Waals surface area contributed by atoms with E-state index >= 15 is 0 Å². The molecule has 2 heterocycles. The van der Waals surface area contributed by atoms with E-state index in [1.54, 1.807) is 0 Å². The van der Waals surface area contributed by atoms with Gasteiger partial charge in [-0.2, -0.15) is 0 Å². The molecular weight excluding hydrogens is 186 g/mol. The zero-order chi connectivity index (χ0) is 10.3. The van der Waals surface area contributed by atoms with Gasteiger partial charge < -0.3 is 9.64 Å². The second-order valence-corrected chi connectivity index (χ2v) is 4.63. The van der Waals surface area contributed by atoms with Gasteiger partial charge in [-0.3, -0.25) is 0 Å². The average Bonchev–Trinajstić information content (AvgIpc) is 2.30. The third kappa shape index (κ3) is 1.44. The first-order valence-corrected chi connectivity index (χ1v) is 5.78. The van der Waals surface area contributed by atoms with Crippen LogP contribution in [0.4, 0.5) is 5.69 Å². The van der Waals surface area contributed by atoms with Gasteiger partial charge >= 0.3 is 0 Å². The molecule has 3 rings (SSSR count). The molecule has 2 atom stereocenters. The molecule has 2 nitrogen and oxygen atoms in total. The molecule has 0 aromatic heterocycles. The number of benzene rings is 1. The Morgan fingerprint density at radius 2 is 2.20 bits per heavy atom. The van der Waals surface area contributed by atoms with Crippen LogP contribution in [0.3, 0.4) is 0 Å². The van der Waals surface area contributed by atoms with Crippen LogP contribution in [0.15, 0.2) is 24.3 Å². The van der Waals surface area contributed by atoms with Crippen molar-refractivity contribution in [2.45, 2.75) is 18.9 Å². The van der Waals surface area contributed by atoms with Gasteiger partial charge in [0.15, 0.2) is 0 Å². The van der Waals surface area contributed by atoms with Crippen molar-refractivity contribution in [1.82, 2.24) is 0 Å². The van der Waals surface area contributed by atoms with Crippen molar-refractivity contribution in [2.24, 2.45) is 5.92 Å². The Bertz CT molecular complexity index is 363. The van der Waals surface area contributed by atoms with Gasteiger partial charge in [0.1, 0.15) is 0 Å². The SMILES string of the molecule is CN1CC2CCCOC2c2ccccc21. The highest BCUT2D eigenvalue weighted by Gasteiger charge is 2.34. The predicted molar refractivity (Wildman–Crippen MR) is 61.1 cm³/mol. The molecule has 2 unspecified atom stereocenters. The first-order chi connectivity index (χ1) is 7.36. The average molecular weight is 203 g/mol. The molecule has 1 aromatic rings. The van der Waals surface area contributed by atoms with Crippen molar-refractivity contribution < 1.29 is 4.74 Å². The van der Waals surface area contributed by atoms with Gasteiger partial charge in [0, 0.05) is 37.4 Å². The van der Waals surface area contributed by atoms with Crippen LogP contribution in [0.2, 0.25) is 0 Å². The van der Waals surface area contributed by atoms with Crippen molar-refractivity contribution >= 4 is 5.69 Å². The summed E-state index contributed by atoms with van der Waals surface area (Å²) in [4.78, 5) is 2.37. The van der Waals surface area contributed by atoms with Crippen LogP contribution in [-0.4, -0.2) is 20.2 Å². The Morgan fingerprint density at radius 3 is 3.13 bits per heavy atom. The number of hydrogen-bond acceptors (Lipinski definition) is 2. The van der Waals surface area contributed by atoms with E-state index in [2.05, 4.69) is 36.2 Å². The largest absolute Gasteiger partial charge is 0.374 e. The topological polar surface area (TPSA) is 12.5 Å². The lowest BCUT2D eigenvalue weighted by Crippen LogP contribution is -2.38. The molecular formula is C13H17NO. The summed E-state index contributed by atoms with van der Waals surface area (Å²) >= 11 is 0. The molecule has 0 bridgehead atoms. The van der Waals surface area contributed by atoms with E-state index in [-0.39, 0.29) is 0 Å². The maximum absolute atomic E-state index is 5.93. The molecule has 1 aromatic carbocycles. The summed E-state index contributed by atoms with van der Waals surface area (Å²) in [6.07, 6.45) is 2.88. The second-order valence-electron chi connectivity index (χ2n) is 4.63. The summed E-state index contributed by atoms with van der Waals surface area (Å²) in [5.74, 6) is 0.693. The smallest absolute Gasteiger partial charge is 0.0889 e. The maximum Gasteiger partial charge on any atom is 0.0889 e. The van der Waals surface area contributed by atoms with Crippen LogP contribution in [0.5, 0.6) is 0 Å². The Labute approximate surface area is 90.8 Å². The van der Waals surface area contributed by atoms with E-state index in [4.69, 9.17) is 4.74 Å². The van der Waals surface area contributed by atoms with Gasteiger partial charge in [-0.1, -0.05) is 18.2 Å². The molecule has 80 valence electrons. The van der Waals surface area contributed by atoms with Gasteiger partial charge in [-0.25, -0.2) is 0 Å². The third-order valence-corrected chi connectivity index (χ3v) is 3.61. The van der Waals surface area contributed by atoms with Crippen LogP contribution < -0.4 is 4.90 Å². The molecule has 0 radical (unpaired) electrons. The molecule has 15 heavy (non-hydrogen) atoms. The fraction of sp³-hybridized carbons (Fsp3) is 0.538. The van der Waals surface area contributed by atoms with E-state index in [0.717, 1.165) is 13.2 Å². The van der Waals surface area contributed by atoms with E-state index in [0.29, 0.717) is 12.0 Å². The number of anilines is 1. The zero-order valence-corrected chi connectivity index (χ0v) is 9.15. The molecule has 0 amide bonds. The fourth-order valence-electron chi connectivity index (χ4n) is 2.90. The van der Waals surface area contributed by atoms with Crippen LogP contribution in [-0.2, 0) is 4.74 Å². The second kappa shape index (κ2) is 3.53. The number of fused-ring (bicyclic) bond motifs is 3. The third-order valence-electron chi connectivity index (χ3n) is 3.61. The number of hydrogen-bond donors (Lipinski definition) is 0. The quantitative estimate of drug-likeness (QED) is 0.642. The standard InChI is InChI=1S/C13H17NO/c1-14-9-10-5-4-8-15-13(10)11-6-2-3-7-12(11)14/h2-3,6-7,10,13H,4-5,8-9H2,1H3. The monoisotopic (exact) mass is 203 g/mol. The minimum atomic E-state index is 0.353. The van der Waals surface area contributed by atoms with Crippen molar-refractivity contribution in [3.05, 3.63) is 29.8 Å². The highest BCUT2D eigenvalue weighted by Crippen LogP contribution is 2.42. The van der Waals surface area contributed by atoms with Crippen molar-refractivity contribution in [3.8, 4) is 0 Å². The Hall–Kier alpha value is -1.02. The molecule has 0 spiro atoms. The van der Waals surface area contributed by atoms with Gasteiger partial charge in [0.05, 0.1) is 6.10 Å². The molecule has 2 heteroatoms. The highest BCUT2D eigenvalue weighted by atomic mass is 16.5. The summed E-state index contributed by atoms with van der Waals surface area (Å²) in [5, 5.41) is 0. The Morgan fingerprint density at radius 1 is 1.33 bits per heavy atom. The van der Waals surface area contributed by atoms with Crippen molar-refractivity contribution in [1.29, 1.82) is 0 Å². The van der Waals surface area contributed by atoms with E-state index < -0.39 is 0 Å². The zero-order valence-electron chi connectivity index (χ0n) is 9.15. The van der Waals surface area contributed by atoms with E-state index in [1.165, 1.54) is 24.1 Å². The maximum atomic E-state index is 5.93. The molecule has 0 N–H and O–H groups in total. The number of nitrogens with zero attached hydrogens (tertiary/aromatic N) is 1. The van der Waals surface area contributed by atoms with Crippen molar-refractivity contribution in [3.63, 3.8) is 0 Å². The van der Waals surface area contributed by atoms with Crippen LogP contribution >= 0.6 is 0 Å². The number of ether oxygens (including phenoxy) is 1. The molecule has 0 aliphatic carbocycles. The normalized spacial score (nSPS) is 29.5. The van der Waals surface area contributed by atoms with Crippen LogP contribution in [0.25, 0.3) is 0 Å². The minimum absolute atomic E-state index is 0.353. The van der Waals surface area contributed by atoms with Crippen LogP contribution in [0.1, 0.15) is 24.5 Å². The molecule has 2 aliphatic heterocycles. The van der Waals surface area contributed by atoms with E-state index in [1.807, 2.05) is 0 Å². The summed E-state index contributed by atoms with van der Waals surface area (Å²) in [6.45, 7) is 2.07. The predicted octanol–water partition coefficient (Wildman–Crippen LogP) is 2.60. The van der Waals surface area contributed by atoms with Gasteiger partial charge in [-0.05, 0) is 18.9 Å². The lowest BCUT2D eigenvalue weighted by atomic mass is 9.85. The highest BCUT2D eigenvalue weighted by molar-refractivity contribution is 5.56. The Balaban J connectivity index is 2.03. The first kappa shape index (κ1) is 9.22.